The van der Waals surface area contributed by atoms with Crippen LogP contribution in [0.2, 0.25) is 0 Å². The third-order valence-electron chi connectivity index (χ3n) is 16.4. The highest BCUT2D eigenvalue weighted by Crippen LogP contribution is 2.47. The van der Waals surface area contributed by atoms with Crippen molar-refractivity contribution in [1.82, 2.24) is 44.5 Å². The zero-order valence-corrected chi connectivity index (χ0v) is 40.1. The van der Waals surface area contributed by atoms with Gasteiger partial charge in [-0.05, 0) is 117 Å². The number of anilines is 2. The third kappa shape index (κ3) is 8.32. The summed E-state index contributed by atoms with van der Waals surface area (Å²) in [6.45, 7) is 12.0. The van der Waals surface area contributed by atoms with E-state index >= 15 is 4.39 Å². The number of ether oxygens (including phenoxy) is 1. The van der Waals surface area contributed by atoms with Gasteiger partial charge in [-0.3, -0.25) is 33.9 Å². The van der Waals surface area contributed by atoms with E-state index in [1.165, 1.54) is 4.57 Å². The van der Waals surface area contributed by atoms with Crippen LogP contribution in [0.3, 0.4) is 0 Å². The van der Waals surface area contributed by atoms with E-state index in [4.69, 9.17) is 19.7 Å². The SMILES string of the molecule is CCc1cccc2cc(O)cc(-c3ncc4c(N5CC6CCC(C5)N6)nc(OCC5(CN6CCC(CN7CCN(c8ccc9c(c8)n(C)c(=O)n9C8CCC(=O)NC8=O)CC7)CC6)CC5)nc4c3F)c12. The number of phenols is 1. The highest BCUT2D eigenvalue weighted by Gasteiger charge is 2.46. The number of aromatic hydroxyl groups is 1. The number of hydrogen-bond donors (Lipinski definition) is 3. The Morgan fingerprint density at radius 2 is 1.66 bits per heavy atom. The number of carbonyl (C=O) groups is 2. The number of pyridine rings is 1. The van der Waals surface area contributed by atoms with Crippen molar-refractivity contribution in [3.63, 3.8) is 0 Å². The molecule has 5 saturated heterocycles. The molecule has 3 aromatic heterocycles. The fourth-order valence-electron chi connectivity index (χ4n) is 12.3. The van der Waals surface area contributed by atoms with Crippen LogP contribution >= 0.6 is 0 Å². The lowest BCUT2D eigenvalue weighted by Crippen LogP contribution is -2.51. The van der Waals surface area contributed by atoms with Crippen LogP contribution in [0.1, 0.15) is 69.9 Å². The fourth-order valence-corrected chi connectivity index (χ4v) is 12.3. The van der Waals surface area contributed by atoms with E-state index in [1.807, 2.05) is 30.3 Å². The minimum atomic E-state index is -0.696. The van der Waals surface area contributed by atoms with Gasteiger partial charge in [0.25, 0.3) is 0 Å². The maximum Gasteiger partial charge on any atom is 0.329 e. The van der Waals surface area contributed by atoms with Gasteiger partial charge in [0.15, 0.2) is 5.82 Å². The summed E-state index contributed by atoms with van der Waals surface area (Å²) in [4.78, 5) is 62.2. The number of piperidine rings is 2. The number of likely N-dealkylation sites (tertiary alicyclic amines) is 1. The van der Waals surface area contributed by atoms with Crippen LogP contribution in [-0.4, -0.2) is 135 Å². The number of rotatable bonds is 12. The van der Waals surface area contributed by atoms with Gasteiger partial charge in [0.05, 0.1) is 23.0 Å². The molecule has 6 fully saturated rings. The van der Waals surface area contributed by atoms with E-state index in [0.29, 0.717) is 53.3 Å². The molecule has 5 aliphatic heterocycles. The minimum absolute atomic E-state index is 0.0116. The van der Waals surface area contributed by atoms with Crippen molar-refractivity contribution in [1.29, 1.82) is 0 Å². The topological polar surface area (TPSA) is 166 Å². The number of nitrogens with one attached hydrogen (secondary N) is 2. The molecule has 3 aromatic carbocycles. The van der Waals surface area contributed by atoms with Crippen LogP contribution in [0.5, 0.6) is 11.8 Å². The van der Waals surface area contributed by atoms with Gasteiger partial charge in [-0.2, -0.15) is 9.97 Å². The van der Waals surface area contributed by atoms with Crippen LogP contribution in [0.25, 0.3) is 44.0 Å². The van der Waals surface area contributed by atoms with Crippen molar-refractivity contribution in [3.8, 4) is 23.0 Å². The first kappa shape index (κ1) is 45.0. The van der Waals surface area contributed by atoms with E-state index in [0.717, 1.165) is 138 Å². The lowest BCUT2D eigenvalue weighted by Gasteiger charge is -2.40. The summed E-state index contributed by atoms with van der Waals surface area (Å²) in [5.41, 5.74) is 4.24. The molecule has 12 rings (SSSR count). The molecule has 3 unspecified atom stereocenters. The Bertz CT molecular complexity index is 3090. The van der Waals surface area contributed by atoms with Crippen molar-refractivity contribution < 1.29 is 23.8 Å². The number of carbonyl (C=O) groups excluding carboxylic acids is 2. The number of phenolic OH excluding ortho intramolecular Hbond substituents is 1. The molecule has 0 spiro atoms. The van der Waals surface area contributed by atoms with Crippen LogP contribution in [-0.2, 0) is 23.1 Å². The molecule has 6 aliphatic rings. The molecule has 8 heterocycles. The highest BCUT2D eigenvalue weighted by atomic mass is 19.1. The fraction of sp³-hybridized carbons (Fsp3) is 0.509. The van der Waals surface area contributed by atoms with E-state index in [1.54, 1.807) is 29.9 Å². The van der Waals surface area contributed by atoms with Crippen molar-refractivity contribution in [2.24, 2.45) is 18.4 Å². The second-order valence-electron chi connectivity index (χ2n) is 21.1. The maximum atomic E-state index is 17.2. The third-order valence-corrected chi connectivity index (χ3v) is 16.4. The summed E-state index contributed by atoms with van der Waals surface area (Å²) in [6, 6.07) is 15.5. The molecule has 1 saturated carbocycles. The minimum Gasteiger partial charge on any atom is -0.508 e. The van der Waals surface area contributed by atoms with Crippen LogP contribution in [0, 0.1) is 17.2 Å². The van der Waals surface area contributed by atoms with Gasteiger partial charge in [-0.1, -0.05) is 25.1 Å². The number of amides is 2. The molecule has 0 radical (unpaired) electrons. The normalized spacial score (nSPS) is 23.2. The Morgan fingerprint density at radius 3 is 2.40 bits per heavy atom. The summed E-state index contributed by atoms with van der Waals surface area (Å²) in [5.74, 6) is 0.0912. The predicted octanol–water partition coefficient (Wildman–Crippen LogP) is 5.52. The van der Waals surface area contributed by atoms with Gasteiger partial charge in [-0.25, -0.2) is 9.18 Å². The number of aromatic nitrogens is 5. The number of imidazole rings is 1. The number of benzene rings is 3. The predicted molar refractivity (Wildman–Crippen MR) is 267 cm³/mol. The number of fused-ring (bicyclic) bond motifs is 5. The standard InChI is InChI=1S/C53H62FN11O5/c1-3-33-5-4-6-34-23-38(66)25-39(45(33)34)47-46(54)48-40(26-55-47)49(64-28-35-7-8-36(29-64)56-35)59-51(58-48)70-31-53(15-16-53)30-62-17-13-32(14-18-62)27-61-19-21-63(22-20-61)37-9-10-41-43(24-37)60(2)52(69)65(41)42-11-12-44(67)57-50(42)68/h4-6,9-10,23-26,32,35-36,42,56,66H,3,7-8,11-22,27-31H2,1-2H3,(H,57,67,68). The lowest BCUT2D eigenvalue weighted by atomic mass is 9.94. The molecular formula is C53H62FN11O5. The number of halogens is 1. The Labute approximate surface area is 405 Å². The van der Waals surface area contributed by atoms with Crippen molar-refractivity contribution in [2.75, 3.05) is 81.9 Å². The molecule has 3 atom stereocenters. The van der Waals surface area contributed by atoms with Gasteiger partial charge >= 0.3 is 11.7 Å². The second kappa shape index (κ2) is 17.9. The van der Waals surface area contributed by atoms with Gasteiger partial charge in [0, 0.05) is 101 Å². The van der Waals surface area contributed by atoms with Crippen LogP contribution < -0.4 is 30.9 Å². The van der Waals surface area contributed by atoms with Crippen molar-refractivity contribution in [2.45, 2.75) is 82.8 Å². The molecule has 1 aliphatic carbocycles. The molecular weight excluding hydrogens is 890 g/mol. The van der Waals surface area contributed by atoms with Crippen molar-refractivity contribution in [3.05, 3.63) is 76.6 Å². The van der Waals surface area contributed by atoms with Crippen LogP contribution in [0.15, 0.2) is 59.5 Å². The number of piperazine rings is 2. The Kier molecular flexibility index (Phi) is 11.5. The molecule has 6 aromatic rings. The Morgan fingerprint density at radius 1 is 0.871 bits per heavy atom. The van der Waals surface area contributed by atoms with E-state index in [-0.39, 0.29) is 46.4 Å². The van der Waals surface area contributed by atoms with E-state index in [9.17, 15) is 19.5 Å². The first-order chi connectivity index (χ1) is 34.0. The van der Waals surface area contributed by atoms with Gasteiger partial charge in [0.2, 0.25) is 11.8 Å². The summed E-state index contributed by atoms with van der Waals surface area (Å²) in [7, 11) is 1.74. The molecule has 3 N–H and O–H groups in total. The van der Waals surface area contributed by atoms with Gasteiger partial charge in [0.1, 0.15) is 28.8 Å². The Hall–Kier alpha value is -6.17. The monoisotopic (exact) mass is 951 g/mol. The summed E-state index contributed by atoms with van der Waals surface area (Å²) < 4.78 is 26.9. The first-order valence-corrected chi connectivity index (χ1v) is 25.5. The zero-order chi connectivity index (χ0) is 47.8. The van der Waals surface area contributed by atoms with Gasteiger partial charge in [-0.15, -0.1) is 0 Å². The Balaban J connectivity index is 0.689. The smallest absolute Gasteiger partial charge is 0.329 e. The van der Waals surface area contributed by atoms with Crippen LogP contribution in [0.4, 0.5) is 15.9 Å². The largest absolute Gasteiger partial charge is 0.508 e. The average Bonchev–Trinajstić information content (AvgIpc) is 3.99. The molecule has 17 heteroatoms. The molecule has 16 nitrogen and oxygen atoms in total. The molecule has 70 heavy (non-hydrogen) atoms. The highest BCUT2D eigenvalue weighted by molar-refractivity contribution is 6.02. The maximum absolute atomic E-state index is 17.2. The molecule has 2 amide bonds. The number of hydrogen-bond acceptors (Lipinski definition) is 13. The number of aryl methyl sites for hydroxylation is 2. The second-order valence-corrected chi connectivity index (χ2v) is 21.1. The van der Waals surface area contributed by atoms with E-state index < -0.39 is 17.8 Å². The zero-order valence-electron chi connectivity index (χ0n) is 40.1. The van der Waals surface area contributed by atoms with Crippen molar-refractivity contribution >= 4 is 56.0 Å². The van der Waals surface area contributed by atoms with Gasteiger partial charge < -0.3 is 29.9 Å². The number of imide groups is 1. The summed E-state index contributed by atoms with van der Waals surface area (Å²) in [6.07, 6.45) is 9.63. The number of nitrogens with zero attached hydrogens (tertiary/aromatic N) is 9. The summed E-state index contributed by atoms with van der Waals surface area (Å²) >= 11 is 0. The average molecular weight is 952 g/mol. The molecule has 366 valence electrons. The quantitative estimate of drug-likeness (QED) is 0.132. The summed E-state index contributed by atoms with van der Waals surface area (Å²) in [5, 5.41) is 19.1. The van der Waals surface area contributed by atoms with E-state index in [2.05, 4.69) is 43.2 Å². The molecule has 2 bridgehead atoms. The lowest BCUT2D eigenvalue weighted by molar-refractivity contribution is -0.135. The first-order valence-electron chi connectivity index (χ1n) is 25.5.